The highest BCUT2D eigenvalue weighted by molar-refractivity contribution is 6.33. The lowest BCUT2D eigenvalue weighted by atomic mass is 9.97. The molecule has 2 aliphatic rings. The van der Waals surface area contributed by atoms with Crippen LogP contribution in [-0.2, 0) is 0 Å². The number of hydrogen-bond donors (Lipinski definition) is 2. The average molecular weight is 640 g/mol. The average Bonchev–Trinajstić information content (AvgIpc) is 2.97. The zero-order chi connectivity index (χ0) is 31.1. The van der Waals surface area contributed by atoms with Crippen LogP contribution in [0.1, 0.15) is 37.0 Å². The van der Waals surface area contributed by atoms with Crippen molar-refractivity contribution in [1.82, 2.24) is 14.8 Å². The zero-order valence-corrected chi connectivity index (χ0v) is 25.1. The number of likely N-dealkylation sites (tertiary alicyclic amines) is 1. The van der Waals surface area contributed by atoms with Crippen LogP contribution in [0.3, 0.4) is 0 Å². The number of rotatable bonds is 7. The molecule has 0 aliphatic carbocycles. The number of alkyl halides is 3. The van der Waals surface area contributed by atoms with Crippen LogP contribution in [-0.4, -0.2) is 77.7 Å². The second kappa shape index (κ2) is 12.3. The number of piperidine rings is 1. The van der Waals surface area contributed by atoms with Crippen molar-refractivity contribution >= 4 is 52.0 Å². The van der Waals surface area contributed by atoms with Crippen LogP contribution < -0.4 is 26.4 Å². The quantitative estimate of drug-likeness (QED) is 0.353. The fourth-order valence-corrected chi connectivity index (χ4v) is 6.26. The molecule has 2 N–H and O–H groups in total. The Kier molecular flexibility index (Phi) is 8.92. The van der Waals surface area contributed by atoms with E-state index < -0.39 is 29.3 Å². The fraction of sp³-hybridized carbons (Fsp3) is 0.448. The number of hydrogen-bond acceptors (Lipinski definition) is 8. The van der Waals surface area contributed by atoms with Crippen molar-refractivity contribution in [2.45, 2.75) is 51.0 Å². The van der Waals surface area contributed by atoms with E-state index in [4.69, 9.17) is 23.2 Å². The first-order valence-corrected chi connectivity index (χ1v) is 14.7. The molecule has 2 aliphatic heterocycles. The normalized spacial score (nSPS) is 20.4. The van der Waals surface area contributed by atoms with Crippen LogP contribution in [0.5, 0.6) is 0 Å². The van der Waals surface area contributed by atoms with Crippen molar-refractivity contribution in [2.24, 2.45) is 0 Å². The predicted molar refractivity (Wildman–Crippen MR) is 162 cm³/mol. The second-order valence-corrected chi connectivity index (χ2v) is 12.0. The number of nitrogens with zero attached hydrogens (tertiary/aromatic N) is 4. The van der Waals surface area contributed by atoms with E-state index in [9.17, 15) is 27.6 Å². The third-order valence-corrected chi connectivity index (χ3v) is 8.62. The van der Waals surface area contributed by atoms with Crippen LogP contribution in [0.4, 0.5) is 36.1 Å². The van der Waals surface area contributed by atoms with Crippen molar-refractivity contribution in [1.29, 1.82) is 0 Å². The van der Waals surface area contributed by atoms with Crippen molar-refractivity contribution in [3.8, 4) is 0 Å². The summed E-state index contributed by atoms with van der Waals surface area (Å²) in [5, 5.41) is 5.56. The van der Waals surface area contributed by atoms with Crippen LogP contribution in [0.25, 0.3) is 0 Å². The lowest BCUT2D eigenvalue weighted by Gasteiger charge is -2.49. The topological polar surface area (TPSA) is 97.9 Å². The summed E-state index contributed by atoms with van der Waals surface area (Å²) < 4.78 is 37.7. The number of carbonyl (C=O) groups is 1. The molecular formula is C29H31Cl2F3N6O3. The van der Waals surface area contributed by atoms with Gasteiger partial charge in [0.15, 0.2) is 0 Å². The SMILES string of the molecule is C[C@@H]1CN(c2ncc(Nc3c(NCC(F)(F)F)c(=O)c3=O)cc2Cl)[C@@H](C)CN1C1CCN(C(=O)c2ccc(Cl)cc2)CC1. The molecule has 2 saturated heterocycles. The van der Waals surface area contributed by atoms with Crippen molar-refractivity contribution in [3.63, 3.8) is 0 Å². The van der Waals surface area contributed by atoms with Gasteiger partial charge in [0.1, 0.15) is 23.7 Å². The minimum absolute atomic E-state index is 0.0124. The number of anilines is 4. The van der Waals surface area contributed by atoms with E-state index in [-0.39, 0.29) is 29.4 Å². The largest absolute Gasteiger partial charge is 0.405 e. The fourth-order valence-electron chi connectivity index (χ4n) is 5.86. The van der Waals surface area contributed by atoms with E-state index in [1.807, 2.05) is 10.2 Å². The van der Waals surface area contributed by atoms with Gasteiger partial charge in [-0.3, -0.25) is 19.3 Å². The van der Waals surface area contributed by atoms with E-state index in [2.05, 4.69) is 33.9 Å². The first-order chi connectivity index (χ1) is 20.3. The first kappa shape index (κ1) is 31.1. The summed E-state index contributed by atoms with van der Waals surface area (Å²) >= 11 is 12.6. The number of carbonyl (C=O) groups excluding carboxylic acids is 1. The van der Waals surface area contributed by atoms with Gasteiger partial charge in [-0.2, -0.15) is 13.2 Å². The molecule has 14 heteroatoms. The standard InChI is InChI=1S/C29H31Cl2F3N6O3/c1-16-14-40(17(2)13-39(16)21-7-9-38(10-8-21)28(43)18-3-5-19(30)6-4-18)27-22(31)11-20(12-35-27)37-24-23(25(41)26(24)42)36-15-29(32,33)34/h3-6,11-12,16-17,21,36-37H,7-10,13-15H2,1-2H3/t16-,17+/m1/s1. The summed E-state index contributed by atoms with van der Waals surface area (Å²) in [5.41, 5.74) is -1.69. The maximum atomic E-state index is 12.9. The molecule has 3 heterocycles. The molecule has 3 aromatic rings. The Balaban J connectivity index is 1.19. The number of aromatic nitrogens is 1. The van der Waals surface area contributed by atoms with Crippen LogP contribution in [0.2, 0.25) is 10.0 Å². The van der Waals surface area contributed by atoms with Crippen molar-refractivity contribution < 1.29 is 18.0 Å². The first-order valence-electron chi connectivity index (χ1n) is 14.0. The lowest BCUT2D eigenvalue weighted by molar-refractivity contribution is -0.115. The summed E-state index contributed by atoms with van der Waals surface area (Å²) in [6.07, 6.45) is -1.38. The van der Waals surface area contributed by atoms with Crippen LogP contribution in [0, 0.1) is 0 Å². The minimum atomic E-state index is -4.55. The molecule has 9 nitrogen and oxygen atoms in total. The molecular weight excluding hydrogens is 608 g/mol. The number of halogens is 5. The molecule has 43 heavy (non-hydrogen) atoms. The Morgan fingerprint density at radius 3 is 2.28 bits per heavy atom. The van der Waals surface area contributed by atoms with Crippen LogP contribution in [0.15, 0.2) is 46.1 Å². The van der Waals surface area contributed by atoms with Gasteiger partial charge in [-0.05, 0) is 57.0 Å². The molecule has 2 fully saturated rings. The number of piperazine rings is 1. The molecule has 0 spiro atoms. The predicted octanol–water partition coefficient (Wildman–Crippen LogP) is 4.91. The Hall–Kier alpha value is -3.35. The van der Waals surface area contributed by atoms with Gasteiger partial charge < -0.3 is 20.4 Å². The Morgan fingerprint density at radius 1 is 1.00 bits per heavy atom. The highest BCUT2D eigenvalue weighted by Crippen LogP contribution is 2.33. The number of benzene rings is 1. The highest BCUT2D eigenvalue weighted by atomic mass is 35.5. The molecule has 0 radical (unpaired) electrons. The van der Waals surface area contributed by atoms with Gasteiger partial charge in [0, 0.05) is 54.9 Å². The molecule has 2 aromatic carbocycles. The summed E-state index contributed by atoms with van der Waals surface area (Å²) in [4.78, 5) is 47.7. The van der Waals surface area contributed by atoms with Gasteiger partial charge in [0.05, 0.1) is 16.9 Å². The number of pyridine rings is 1. The lowest BCUT2D eigenvalue weighted by Crippen LogP contribution is -2.61. The van der Waals surface area contributed by atoms with E-state index in [1.54, 1.807) is 24.3 Å². The third kappa shape index (κ3) is 6.76. The van der Waals surface area contributed by atoms with E-state index in [1.165, 1.54) is 12.3 Å². The van der Waals surface area contributed by atoms with E-state index in [0.29, 0.717) is 47.1 Å². The maximum absolute atomic E-state index is 12.9. The molecule has 0 saturated carbocycles. The van der Waals surface area contributed by atoms with Gasteiger partial charge in [-0.25, -0.2) is 4.98 Å². The monoisotopic (exact) mass is 638 g/mol. The molecule has 2 atom stereocenters. The Labute approximate surface area is 256 Å². The van der Waals surface area contributed by atoms with Crippen molar-refractivity contribution in [2.75, 3.05) is 48.3 Å². The third-order valence-electron chi connectivity index (χ3n) is 8.09. The molecule has 0 bridgehead atoms. The maximum Gasteiger partial charge on any atom is 0.405 e. The molecule has 0 unspecified atom stereocenters. The minimum Gasteiger partial charge on any atom is -0.371 e. The Morgan fingerprint density at radius 2 is 1.65 bits per heavy atom. The highest BCUT2D eigenvalue weighted by Gasteiger charge is 2.37. The summed E-state index contributed by atoms with van der Waals surface area (Å²) in [6.45, 7) is 5.58. The van der Waals surface area contributed by atoms with Crippen LogP contribution >= 0.6 is 23.2 Å². The molecule has 1 amide bonds. The second-order valence-electron chi connectivity index (χ2n) is 11.1. The Bertz CT molecular complexity index is 1550. The molecule has 1 aromatic heterocycles. The summed E-state index contributed by atoms with van der Waals surface area (Å²) in [5.74, 6) is 0.563. The summed E-state index contributed by atoms with van der Waals surface area (Å²) in [6, 6.07) is 9.06. The van der Waals surface area contributed by atoms with Crippen molar-refractivity contribution in [3.05, 3.63) is 72.6 Å². The molecule has 5 rings (SSSR count). The van der Waals surface area contributed by atoms with Gasteiger partial charge >= 0.3 is 6.18 Å². The smallest absolute Gasteiger partial charge is 0.371 e. The number of nitrogens with one attached hydrogen (secondary N) is 2. The van der Waals surface area contributed by atoms with Gasteiger partial charge in [0.2, 0.25) is 0 Å². The zero-order valence-electron chi connectivity index (χ0n) is 23.5. The van der Waals surface area contributed by atoms with Gasteiger partial charge in [0.25, 0.3) is 16.8 Å². The van der Waals surface area contributed by atoms with E-state index >= 15 is 0 Å². The molecule has 230 valence electrons. The summed E-state index contributed by atoms with van der Waals surface area (Å²) in [7, 11) is 0. The number of amides is 1. The van der Waals surface area contributed by atoms with Gasteiger partial charge in [-0.15, -0.1) is 0 Å². The van der Waals surface area contributed by atoms with Gasteiger partial charge in [-0.1, -0.05) is 23.2 Å². The van der Waals surface area contributed by atoms with E-state index in [0.717, 1.165) is 19.4 Å².